The topological polar surface area (TPSA) is 122 Å². The van der Waals surface area contributed by atoms with Crippen LogP contribution in [0.2, 0.25) is 0 Å². The van der Waals surface area contributed by atoms with Crippen molar-refractivity contribution < 1.29 is 4.79 Å². The molecular weight excluding hydrogens is 212 g/mol. The van der Waals surface area contributed by atoms with E-state index in [2.05, 4.69) is 41.1 Å². The van der Waals surface area contributed by atoms with E-state index in [4.69, 9.17) is 0 Å². The molecule has 0 aliphatic rings. The van der Waals surface area contributed by atoms with Gasteiger partial charge in [0.25, 0.3) is 11.7 Å². The monoisotopic (exact) mass is 220 g/mol. The van der Waals surface area contributed by atoms with Crippen molar-refractivity contribution in [3.63, 3.8) is 0 Å². The Morgan fingerprint density at radius 3 is 2.62 bits per heavy atom. The van der Waals surface area contributed by atoms with Gasteiger partial charge in [-0.25, -0.2) is 4.98 Å². The van der Waals surface area contributed by atoms with Crippen LogP contribution in [0.3, 0.4) is 0 Å². The minimum atomic E-state index is -0.543. The number of aromatic nitrogens is 7. The molecule has 0 bridgehead atoms. The van der Waals surface area contributed by atoms with Crippen LogP contribution in [-0.4, -0.2) is 41.7 Å². The number of nitrogens with zero attached hydrogens (tertiary/aromatic N) is 6. The van der Waals surface area contributed by atoms with Gasteiger partial charge >= 0.3 is 0 Å². The lowest BCUT2D eigenvalue weighted by atomic mass is 10.4. The second kappa shape index (κ2) is 3.96. The average Bonchev–Trinajstić information content (AvgIpc) is 2.77. The summed E-state index contributed by atoms with van der Waals surface area (Å²) in [5.74, 6) is -0.515. The number of nitrogens with one attached hydrogen (secondary N) is 2. The molecule has 0 aliphatic carbocycles. The first-order valence-electron chi connectivity index (χ1n) is 4.39. The highest BCUT2D eigenvalue weighted by atomic mass is 16.2. The molecule has 0 aromatic carbocycles. The van der Waals surface area contributed by atoms with Crippen molar-refractivity contribution in [2.24, 2.45) is 0 Å². The molecule has 2 aromatic heterocycles. The number of tetrazole rings is 1. The number of anilines is 1. The zero-order valence-electron chi connectivity index (χ0n) is 8.59. The van der Waals surface area contributed by atoms with Crippen molar-refractivity contribution >= 4 is 11.9 Å². The number of hydrogen-bond acceptors (Lipinski definition) is 7. The van der Waals surface area contributed by atoms with E-state index < -0.39 is 5.91 Å². The molecule has 0 aliphatic heterocycles. The second-order valence-electron chi connectivity index (χ2n) is 3.00. The van der Waals surface area contributed by atoms with Crippen molar-refractivity contribution in [1.82, 2.24) is 35.8 Å². The van der Waals surface area contributed by atoms with Crippen LogP contribution < -0.4 is 5.32 Å². The van der Waals surface area contributed by atoms with E-state index in [0.717, 1.165) is 0 Å². The smallest absolute Gasteiger partial charge is 0.286 e. The predicted molar refractivity (Wildman–Crippen MR) is 51.4 cm³/mol. The van der Waals surface area contributed by atoms with E-state index in [0.29, 0.717) is 11.4 Å². The summed E-state index contributed by atoms with van der Waals surface area (Å²) in [5, 5.41) is 22.4. The van der Waals surface area contributed by atoms with Crippen molar-refractivity contribution in [3.8, 4) is 0 Å². The van der Waals surface area contributed by atoms with Gasteiger partial charge in [-0.3, -0.25) is 10.1 Å². The lowest BCUT2D eigenvalue weighted by Crippen LogP contribution is -2.17. The molecule has 0 saturated heterocycles. The van der Waals surface area contributed by atoms with Crippen LogP contribution in [0.25, 0.3) is 0 Å². The number of aromatic amines is 1. The first kappa shape index (κ1) is 10.1. The summed E-state index contributed by atoms with van der Waals surface area (Å²) in [7, 11) is 0. The Morgan fingerprint density at radius 1 is 1.19 bits per heavy atom. The molecule has 9 heteroatoms. The van der Waals surface area contributed by atoms with E-state index in [1.165, 1.54) is 0 Å². The van der Waals surface area contributed by atoms with Crippen LogP contribution in [0.15, 0.2) is 0 Å². The molecule has 0 saturated carbocycles. The standard InChI is InChI=1S/C7H8N8O/c1-3-4(2)10-13-7(8-3)9-6(16)5-11-14-15-12-5/h1-2H3,(H,8,9,13,16)(H,11,12,14,15). The zero-order chi connectivity index (χ0) is 11.5. The largest absolute Gasteiger partial charge is 0.299 e. The van der Waals surface area contributed by atoms with E-state index in [1.54, 1.807) is 13.8 Å². The number of aryl methyl sites for hydroxylation is 2. The maximum absolute atomic E-state index is 11.5. The molecule has 2 N–H and O–H groups in total. The molecule has 0 fully saturated rings. The van der Waals surface area contributed by atoms with Crippen molar-refractivity contribution in [1.29, 1.82) is 0 Å². The highest BCUT2D eigenvalue weighted by Gasteiger charge is 2.12. The summed E-state index contributed by atoms with van der Waals surface area (Å²) in [6.45, 7) is 3.55. The molecule has 1 amide bonds. The maximum Gasteiger partial charge on any atom is 0.299 e. The average molecular weight is 220 g/mol. The Labute approximate surface area is 89.7 Å². The fourth-order valence-corrected chi connectivity index (χ4v) is 0.925. The molecule has 2 rings (SSSR count). The Balaban J connectivity index is 2.15. The molecule has 0 atom stereocenters. The molecule has 2 heterocycles. The van der Waals surface area contributed by atoms with Crippen LogP contribution in [0, 0.1) is 13.8 Å². The maximum atomic E-state index is 11.5. The highest BCUT2D eigenvalue weighted by Crippen LogP contribution is 2.02. The molecule has 9 nitrogen and oxygen atoms in total. The van der Waals surface area contributed by atoms with E-state index in [1.807, 2.05) is 0 Å². The Bertz CT molecular complexity index is 507. The lowest BCUT2D eigenvalue weighted by Gasteiger charge is -2.01. The summed E-state index contributed by atoms with van der Waals surface area (Å²) in [4.78, 5) is 15.5. The number of rotatable bonds is 2. The lowest BCUT2D eigenvalue weighted by molar-refractivity contribution is 0.101. The molecule has 82 valence electrons. The SMILES string of the molecule is Cc1nnc(NC(=O)c2nn[nH]n2)nc1C. The van der Waals surface area contributed by atoms with Crippen molar-refractivity contribution in [3.05, 3.63) is 17.2 Å². The number of carbonyl (C=O) groups is 1. The van der Waals surface area contributed by atoms with E-state index in [9.17, 15) is 4.79 Å². The summed E-state index contributed by atoms with van der Waals surface area (Å²) < 4.78 is 0. The van der Waals surface area contributed by atoms with Gasteiger partial charge in [0.15, 0.2) is 0 Å². The number of carbonyl (C=O) groups excluding carboxylic acids is 1. The van der Waals surface area contributed by atoms with E-state index >= 15 is 0 Å². The highest BCUT2D eigenvalue weighted by molar-refractivity contribution is 6.00. The Morgan fingerprint density at radius 2 is 2.00 bits per heavy atom. The quantitative estimate of drug-likeness (QED) is 0.682. The van der Waals surface area contributed by atoms with Gasteiger partial charge in [0.05, 0.1) is 11.4 Å². The third kappa shape index (κ3) is 1.97. The summed E-state index contributed by atoms with van der Waals surface area (Å²) >= 11 is 0. The van der Waals surface area contributed by atoms with Crippen LogP contribution in [0.1, 0.15) is 22.0 Å². The van der Waals surface area contributed by atoms with Crippen LogP contribution in [0.4, 0.5) is 5.95 Å². The van der Waals surface area contributed by atoms with Gasteiger partial charge in [-0.05, 0) is 19.1 Å². The first-order chi connectivity index (χ1) is 7.66. The Kier molecular flexibility index (Phi) is 2.50. The molecule has 2 aromatic rings. The van der Waals surface area contributed by atoms with Gasteiger partial charge in [0, 0.05) is 0 Å². The van der Waals surface area contributed by atoms with Gasteiger partial charge in [-0.2, -0.15) is 10.3 Å². The molecule has 0 unspecified atom stereocenters. The predicted octanol–water partition coefficient (Wildman–Crippen LogP) is -0.746. The molecular formula is C7H8N8O. The summed E-state index contributed by atoms with van der Waals surface area (Å²) in [5.41, 5.74) is 1.40. The van der Waals surface area contributed by atoms with Crippen LogP contribution in [0.5, 0.6) is 0 Å². The van der Waals surface area contributed by atoms with Gasteiger partial charge in [0.2, 0.25) is 5.95 Å². The zero-order valence-corrected chi connectivity index (χ0v) is 8.59. The Hall–Kier alpha value is -2.45. The minimum absolute atomic E-state index is 0.0816. The summed E-state index contributed by atoms with van der Waals surface area (Å²) in [6.07, 6.45) is 0. The van der Waals surface area contributed by atoms with Gasteiger partial charge in [-0.15, -0.1) is 15.3 Å². The first-order valence-corrected chi connectivity index (χ1v) is 4.39. The fourth-order valence-electron chi connectivity index (χ4n) is 0.925. The minimum Gasteiger partial charge on any atom is -0.286 e. The normalized spacial score (nSPS) is 10.1. The number of hydrogen-bond donors (Lipinski definition) is 2. The van der Waals surface area contributed by atoms with Crippen LogP contribution >= 0.6 is 0 Å². The van der Waals surface area contributed by atoms with Gasteiger partial charge < -0.3 is 0 Å². The van der Waals surface area contributed by atoms with Gasteiger partial charge in [-0.1, -0.05) is 0 Å². The summed E-state index contributed by atoms with van der Waals surface area (Å²) in [6, 6.07) is 0. The fraction of sp³-hybridized carbons (Fsp3) is 0.286. The van der Waals surface area contributed by atoms with Crippen molar-refractivity contribution in [2.45, 2.75) is 13.8 Å². The molecule has 0 radical (unpaired) electrons. The van der Waals surface area contributed by atoms with Crippen molar-refractivity contribution in [2.75, 3.05) is 5.32 Å². The second-order valence-corrected chi connectivity index (χ2v) is 3.00. The third-order valence-corrected chi connectivity index (χ3v) is 1.87. The molecule has 0 spiro atoms. The van der Waals surface area contributed by atoms with Gasteiger partial charge in [0.1, 0.15) is 0 Å². The number of H-pyrrole nitrogens is 1. The van der Waals surface area contributed by atoms with Crippen LogP contribution in [-0.2, 0) is 0 Å². The number of amides is 1. The molecule has 16 heavy (non-hydrogen) atoms. The third-order valence-electron chi connectivity index (χ3n) is 1.87. The van der Waals surface area contributed by atoms with E-state index in [-0.39, 0.29) is 11.8 Å².